The number of rotatable bonds is 18. The highest BCUT2D eigenvalue weighted by molar-refractivity contribution is 6.77. The van der Waals surface area contributed by atoms with Crippen molar-refractivity contribution in [1.82, 2.24) is 15.0 Å². The predicted molar refractivity (Wildman–Crippen MR) is 141 cm³/mol. The fourth-order valence-corrected chi connectivity index (χ4v) is 6.65. The number of pyridine rings is 1. The molecule has 0 saturated carbocycles. The molecule has 33 heavy (non-hydrogen) atoms. The van der Waals surface area contributed by atoms with Crippen LogP contribution in [0.3, 0.4) is 0 Å². The smallest absolute Gasteiger partial charge is 0.216 e. The highest BCUT2D eigenvalue weighted by Gasteiger charge is 2.18. The number of aromatic nitrogens is 3. The Bertz CT molecular complexity index is 768. The quantitative estimate of drug-likeness (QED) is 0.163. The van der Waals surface area contributed by atoms with Crippen LogP contribution in [-0.2, 0) is 0 Å². The minimum Gasteiger partial charge on any atom is -0.478 e. The van der Waals surface area contributed by atoms with E-state index in [1.54, 1.807) is 12.4 Å². The van der Waals surface area contributed by atoms with E-state index in [1.807, 2.05) is 18.2 Å². The number of nitrogens with zero attached hydrogens (tertiary/aromatic N) is 3. The third-order valence-corrected chi connectivity index (χ3v) is 9.49. The average molecular weight is 472 g/mol. The van der Waals surface area contributed by atoms with Crippen LogP contribution in [0.25, 0.3) is 11.4 Å². The van der Waals surface area contributed by atoms with Gasteiger partial charge < -0.3 is 9.47 Å². The van der Waals surface area contributed by atoms with Crippen LogP contribution in [0.4, 0.5) is 0 Å². The summed E-state index contributed by atoms with van der Waals surface area (Å²) in [5, 5.41) is 0. The van der Waals surface area contributed by atoms with Crippen molar-refractivity contribution in [3.63, 3.8) is 0 Å². The number of hydrogen-bond acceptors (Lipinski definition) is 5. The van der Waals surface area contributed by atoms with Crippen molar-refractivity contribution in [3.8, 4) is 23.1 Å². The van der Waals surface area contributed by atoms with Gasteiger partial charge in [-0.05, 0) is 18.9 Å². The molecule has 0 aromatic carbocycles. The van der Waals surface area contributed by atoms with E-state index in [-0.39, 0.29) is 0 Å². The van der Waals surface area contributed by atoms with E-state index >= 15 is 0 Å². The normalized spacial score (nSPS) is 11.5. The van der Waals surface area contributed by atoms with E-state index in [4.69, 9.17) is 9.47 Å². The van der Waals surface area contributed by atoms with E-state index in [9.17, 15) is 0 Å². The standard InChI is InChI=1S/C27H45N3O2Si/c1-5-7-9-12-19-31-25-16-15-24(23-29-25)27-28-18-17-26(30-27)32-20-13-10-11-14-22-33(3,4)21-8-6-2/h15-18,23H,5-14,19-22H2,1-4H3. The minimum atomic E-state index is -0.961. The molecule has 0 bridgehead atoms. The van der Waals surface area contributed by atoms with Gasteiger partial charge in [-0.25, -0.2) is 9.97 Å². The van der Waals surface area contributed by atoms with Crippen molar-refractivity contribution in [2.45, 2.75) is 103 Å². The second-order valence-corrected chi connectivity index (χ2v) is 15.1. The van der Waals surface area contributed by atoms with Gasteiger partial charge in [0.2, 0.25) is 11.8 Å². The largest absolute Gasteiger partial charge is 0.478 e. The molecule has 0 spiro atoms. The molecule has 2 heterocycles. The first-order valence-corrected chi connectivity index (χ1v) is 16.5. The lowest BCUT2D eigenvalue weighted by molar-refractivity contribution is 0.293. The van der Waals surface area contributed by atoms with Crippen LogP contribution in [0, 0.1) is 0 Å². The van der Waals surface area contributed by atoms with Crippen molar-refractivity contribution in [1.29, 1.82) is 0 Å². The van der Waals surface area contributed by atoms with Crippen LogP contribution in [0.1, 0.15) is 78.1 Å². The van der Waals surface area contributed by atoms with Crippen LogP contribution in [0.5, 0.6) is 11.8 Å². The van der Waals surface area contributed by atoms with E-state index < -0.39 is 8.07 Å². The molecule has 0 saturated heterocycles. The van der Waals surface area contributed by atoms with Crippen LogP contribution in [-0.4, -0.2) is 36.2 Å². The van der Waals surface area contributed by atoms with Gasteiger partial charge in [-0.1, -0.05) is 90.4 Å². The van der Waals surface area contributed by atoms with E-state index in [0.717, 1.165) is 18.4 Å². The fraction of sp³-hybridized carbons (Fsp3) is 0.667. The Morgan fingerprint density at radius 2 is 1.36 bits per heavy atom. The van der Waals surface area contributed by atoms with Gasteiger partial charge in [-0.2, -0.15) is 4.98 Å². The Morgan fingerprint density at radius 3 is 2.06 bits per heavy atom. The van der Waals surface area contributed by atoms with E-state index in [2.05, 4.69) is 41.9 Å². The molecule has 0 aliphatic rings. The van der Waals surface area contributed by atoms with Crippen molar-refractivity contribution in [2.24, 2.45) is 0 Å². The maximum absolute atomic E-state index is 5.89. The first-order valence-electron chi connectivity index (χ1n) is 13.1. The fourth-order valence-electron chi connectivity index (χ4n) is 3.88. The van der Waals surface area contributed by atoms with Crippen LogP contribution < -0.4 is 9.47 Å². The molecule has 184 valence electrons. The number of ether oxygens (including phenoxy) is 2. The molecular formula is C27H45N3O2Si. The lowest BCUT2D eigenvalue weighted by Gasteiger charge is -2.21. The van der Waals surface area contributed by atoms with Crippen molar-refractivity contribution >= 4 is 8.07 Å². The molecule has 2 aromatic rings. The number of unbranched alkanes of at least 4 members (excludes halogenated alkanes) is 7. The molecule has 0 N–H and O–H groups in total. The molecule has 2 rings (SSSR count). The summed E-state index contributed by atoms with van der Waals surface area (Å²) in [6.07, 6.45) is 16.0. The van der Waals surface area contributed by atoms with Crippen LogP contribution in [0.15, 0.2) is 30.6 Å². The Balaban J connectivity index is 1.68. The van der Waals surface area contributed by atoms with Gasteiger partial charge in [-0.3, -0.25) is 0 Å². The molecular weight excluding hydrogens is 426 g/mol. The van der Waals surface area contributed by atoms with Crippen LogP contribution >= 0.6 is 0 Å². The topological polar surface area (TPSA) is 57.1 Å². The molecule has 0 fully saturated rings. The predicted octanol–water partition coefficient (Wildman–Crippen LogP) is 7.95. The van der Waals surface area contributed by atoms with E-state index in [1.165, 1.54) is 63.5 Å². The summed E-state index contributed by atoms with van der Waals surface area (Å²) in [6, 6.07) is 8.61. The molecule has 0 unspecified atom stereocenters. The molecule has 0 atom stereocenters. The van der Waals surface area contributed by atoms with Crippen molar-refractivity contribution in [3.05, 3.63) is 30.6 Å². The van der Waals surface area contributed by atoms with Gasteiger partial charge in [0.1, 0.15) is 0 Å². The van der Waals surface area contributed by atoms with Gasteiger partial charge in [0.05, 0.1) is 13.2 Å². The third kappa shape index (κ3) is 11.6. The Labute approximate surface area is 202 Å². The van der Waals surface area contributed by atoms with Gasteiger partial charge in [0.15, 0.2) is 5.82 Å². The zero-order valence-electron chi connectivity index (χ0n) is 21.4. The molecule has 0 aliphatic heterocycles. The Hall–Kier alpha value is -1.95. The Kier molecular flexibility index (Phi) is 13.1. The van der Waals surface area contributed by atoms with Gasteiger partial charge in [0, 0.05) is 38.2 Å². The molecule has 5 nitrogen and oxygen atoms in total. The van der Waals surface area contributed by atoms with Crippen molar-refractivity contribution in [2.75, 3.05) is 13.2 Å². The first-order chi connectivity index (χ1) is 16.0. The summed E-state index contributed by atoms with van der Waals surface area (Å²) < 4.78 is 11.6. The molecule has 0 amide bonds. The SMILES string of the molecule is CCCCCCOc1ccc(-c2nccc(OCCCCCC[Si](C)(C)CCCC)n2)cn1. The van der Waals surface area contributed by atoms with Crippen molar-refractivity contribution < 1.29 is 9.47 Å². The summed E-state index contributed by atoms with van der Waals surface area (Å²) >= 11 is 0. The van der Waals surface area contributed by atoms with E-state index in [0.29, 0.717) is 30.8 Å². The molecule has 2 aromatic heterocycles. The molecule has 6 heteroatoms. The lowest BCUT2D eigenvalue weighted by Crippen LogP contribution is -2.24. The minimum absolute atomic E-state index is 0.629. The zero-order valence-corrected chi connectivity index (χ0v) is 22.4. The summed E-state index contributed by atoms with van der Waals surface area (Å²) in [5.74, 6) is 1.91. The molecule has 0 aliphatic carbocycles. The maximum Gasteiger partial charge on any atom is 0.216 e. The molecule has 0 radical (unpaired) electrons. The van der Waals surface area contributed by atoms with Gasteiger partial charge >= 0.3 is 0 Å². The first kappa shape index (κ1) is 27.3. The summed E-state index contributed by atoms with van der Waals surface area (Å²) in [5.41, 5.74) is 0.869. The summed E-state index contributed by atoms with van der Waals surface area (Å²) in [4.78, 5) is 13.3. The maximum atomic E-state index is 5.89. The second kappa shape index (κ2) is 15.8. The third-order valence-electron chi connectivity index (χ3n) is 6.08. The Morgan fingerprint density at radius 1 is 0.697 bits per heavy atom. The number of hydrogen-bond donors (Lipinski definition) is 0. The second-order valence-electron chi connectivity index (χ2n) is 9.79. The van der Waals surface area contributed by atoms with Crippen LogP contribution in [0.2, 0.25) is 25.2 Å². The summed E-state index contributed by atoms with van der Waals surface area (Å²) in [7, 11) is -0.961. The lowest BCUT2D eigenvalue weighted by atomic mass is 10.2. The highest BCUT2D eigenvalue weighted by atomic mass is 28.3. The average Bonchev–Trinajstić information content (AvgIpc) is 2.82. The van der Waals surface area contributed by atoms with Gasteiger partial charge in [0.25, 0.3) is 0 Å². The summed E-state index contributed by atoms with van der Waals surface area (Å²) in [6.45, 7) is 11.0. The highest BCUT2D eigenvalue weighted by Crippen LogP contribution is 2.22. The van der Waals surface area contributed by atoms with Gasteiger partial charge in [-0.15, -0.1) is 0 Å². The zero-order chi connectivity index (χ0) is 23.8. The monoisotopic (exact) mass is 471 g/mol.